The molecule has 6 nitrogen and oxygen atoms in total. The van der Waals surface area contributed by atoms with Crippen LogP contribution in [0.1, 0.15) is 10.5 Å². The summed E-state index contributed by atoms with van der Waals surface area (Å²) in [5.74, 6) is 0.163. The normalized spacial score (nSPS) is 10.4. The number of aromatic nitrogens is 2. The summed E-state index contributed by atoms with van der Waals surface area (Å²) in [5.41, 5.74) is 1.30. The highest BCUT2D eigenvalue weighted by molar-refractivity contribution is 6.04. The van der Waals surface area contributed by atoms with Crippen LogP contribution in [0, 0.1) is 5.82 Å². The minimum Gasteiger partial charge on any atom is -0.497 e. The highest BCUT2D eigenvalue weighted by Gasteiger charge is 2.18. The van der Waals surface area contributed by atoms with Crippen LogP contribution in [0.15, 0.2) is 54.7 Å². The Kier molecular flexibility index (Phi) is 4.65. The lowest BCUT2D eigenvalue weighted by Gasteiger charge is -2.06. The SMILES string of the molecule is COc1cccc(NC(=O)c2nn(-c3ccc(F)cc3)cc2OC)c1. The van der Waals surface area contributed by atoms with E-state index >= 15 is 0 Å². The maximum atomic E-state index is 13.1. The third-order valence-electron chi connectivity index (χ3n) is 3.53. The number of amides is 1. The number of halogens is 1. The number of methoxy groups -OCH3 is 2. The number of nitrogens with zero attached hydrogens (tertiary/aromatic N) is 2. The van der Waals surface area contributed by atoms with Gasteiger partial charge in [-0.05, 0) is 36.4 Å². The number of anilines is 1. The molecule has 0 bridgehead atoms. The molecular weight excluding hydrogens is 325 g/mol. The van der Waals surface area contributed by atoms with Crippen LogP contribution in [0.25, 0.3) is 5.69 Å². The van der Waals surface area contributed by atoms with Gasteiger partial charge in [0.25, 0.3) is 5.91 Å². The van der Waals surface area contributed by atoms with Crippen molar-refractivity contribution in [2.45, 2.75) is 0 Å². The van der Waals surface area contributed by atoms with E-state index in [0.29, 0.717) is 22.9 Å². The summed E-state index contributed by atoms with van der Waals surface area (Å²) in [6, 6.07) is 12.7. The van der Waals surface area contributed by atoms with E-state index in [1.54, 1.807) is 49.7 Å². The van der Waals surface area contributed by atoms with Gasteiger partial charge in [-0.3, -0.25) is 4.79 Å². The van der Waals surface area contributed by atoms with Crippen LogP contribution in [0.4, 0.5) is 10.1 Å². The lowest BCUT2D eigenvalue weighted by atomic mass is 10.3. The van der Waals surface area contributed by atoms with Gasteiger partial charge in [0.2, 0.25) is 0 Å². The number of carbonyl (C=O) groups excluding carboxylic acids is 1. The number of hydrogen-bond donors (Lipinski definition) is 1. The van der Waals surface area contributed by atoms with E-state index in [4.69, 9.17) is 9.47 Å². The molecule has 0 saturated carbocycles. The summed E-state index contributed by atoms with van der Waals surface area (Å²) >= 11 is 0. The van der Waals surface area contributed by atoms with E-state index in [1.165, 1.54) is 23.9 Å². The number of ether oxygens (including phenoxy) is 2. The highest BCUT2D eigenvalue weighted by Crippen LogP contribution is 2.22. The Labute approximate surface area is 143 Å². The fraction of sp³-hybridized carbons (Fsp3) is 0.111. The van der Waals surface area contributed by atoms with E-state index in [2.05, 4.69) is 10.4 Å². The van der Waals surface area contributed by atoms with Crippen LogP contribution in [0.3, 0.4) is 0 Å². The summed E-state index contributed by atoms with van der Waals surface area (Å²) < 4.78 is 24.9. The number of hydrogen-bond acceptors (Lipinski definition) is 4. The molecule has 7 heteroatoms. The van der Waals surface area contributed by atoms with Crippen LogP contribution in [0.5, 0.6) is 11.5 Å². The van der Waals surface area contributed by atoms with Gasteiger partial charge in [-0.25, -0.2) is 9.07 Å². The van der Waals surface area contributed by atoms with Gasteiger partial charge in [0.1, 0.15) is 11.6 Å². The minimum absolute atomic E-state index is 0.120. The molecular formula is C18H16FN3O3. The zero-order valence-electron chi connectivity index (χ0n) is 13.7. The molecule has 0 saturated heterocycles. The maximum absolute atomic E-state index is 13.1. The average Bonchev–Trinajstić information content (AvgIpc) is 3.07. The lowest BCUT2D eigenvalue weighted by Crippen LogP contribution is -2.14. The molecule has 3 rings (SSSR count). The molecule has 1 N–H and O–H groups in total. The van der Waals surface area contributed by atoms with Crippen LogP contribution in [0.2, 0.25) is 0 Å². The first-order valence-electron chi connectivity index (χ1n) is 7.45. The average molecular weight is 341 g/mol. The van der Waals surface area contributed by atoms with Gasteiger partial charge in [0, 0.05) is 11.8 Å². The van der Waals surface area contributed by atoms with Gasteiger partial charge in [-0.15, -0.1) is 0 Å². The molecule has 0 spiro atoms. The second-order valence-corrected chi connectivity index (χ2v) is 5.15. The molecule has 0 aliphatic rings. The molecule has 0 aliphatic carbocycles. The summed E-state index contributed by atoms with van der Waals surface area (Å²) in [6.45, 7) is 0. The van der Waals surface area contributed by atoms with Gasteiger partial charge in [0.15, 0.2) is 11.4 Å². The Hall–Kier alpha value is -3.35. The molecule has 0 atom stereocenters. The summed E-state index contributed by atoms with van der Waals surface area (Å²) in [5, 5.41) is 6.99. The first-order valence-corrected chi connectivity index (χ1v) is 7.45. The highest BCUT2D eigenvalue weighted by atomic mass is 19.1. The topological polar surface area (TPSA) is 65.4 Å². The van der Waals surface area contributed by atoms with Gasteiger partial charge < -0.3 is 14.8 Å². The first kappa shape index (κ1) is 16.5. The van der Waals surface area contributed by atoms with Crippen LogP contribution in [-0.2, 0) is 0 Å². The number of rotatable bonds is 5. The second-order valence-electron chi connectivity index (χ2n) is 5.15. The van der Waals surface area contributed by atoms with Crippen LogP contribution >= 0.6 is 0 Å². The van der Waals surface area contributed by atoms with E-state index in [1.807, 2.05) is 0 Å². The molecule has 2 aromatic carbocycles. The van der Waals surface area contributed by atoms with Crippen molar-refractivity contribution in [2.75, 3.05) is 19.5 Å². The van der Waals surface area contributed by atoms with E-state index in [0.717, 1.165) is 0 Å². The standard InChI is InChI=1S/C18H16FN3O3/c1-24-15-5-3-4-13(10-15)20-18(23)17-16(25-2)11-22(21-17)14-8-6-12(19)7-9-14/h3-11H,1-2H3,(H,20,23). The van der Waals surface area contributed by atoms with Gasteiger partial charge in [-0.2, -0.15) is 5.10 Å². The smallest absolute Gasteiger partial charge is 0.280 e. The Balaban J connectivity index is 1.87. The fourth-order valence-electron chi connectivity index (χ4n) is 2.28. The zero-order chi connectivity index (χ0) is 17.8. The first-order chi connectivity index (χ1) is 12.1. The van der Waals surface area contributed by atoms with Crippen molar-refractivity contribution < 1.29 is 18.7 Å². The third-order valence-corrected chi connectivity index (χ3v) is 3.53. The Morgan fingerprint density at radius 2 is 1.88 bits per heavy atom. The summed E-state index contributed by atoms with van der Waals surface area (Å²) in [4.78, 5) is 12.5. The molecule has 3 aromatic rings. The van der Waals surface area contributed by atoms with Crippen molar-refractivity contribution in [2.24, 2.45) is 0 Å². The Morgan fingerprint density at radius 1 is 1.12 bits per heavy atom. The summed E-state index contributed by atoms with van der Waals surface area (Å²) in [6.07, 6.45) is 1.56. The van der Waals surface area contributed by atoms with Crippen molar-refractivity contribution in [3.8, 4) is 17.2 Å². The van der Waals surface area contributed by atoms with Crippen LogP contribution < -0.4 is 14.8 Å². The number of benzene rings is 2. The zero-order valence-corrected chi connectivity index (χ0v) is 13.7. The van der Waals surface area contributed by atoms with Gasteiger partial charge in [-0.1, -0.05) is 6.07 Å². The van der Waals surface area contributed by atoms with E-state index in [-0.39, 0.29) is 11.5 Å². The molecule has 1 aromatic heterocycles. The second kappa shape index (κ2) is 7.04. The van der Waals surface area contributed by atoms with Crippen molar-refractivity contribution in [1.82, 2.24) is 9.78 Å². The molecule has 0 radical (unpaired) electrons. The van der Waals surface area contributed by atoms with Crippen LogP contribution in [-0.4, -0.2) is 29.9 Å². The van der Waals surface area contributed by atoms with Gasteiger partial charge in [0.05, 0.1) is 26.1 Å². The quantitative estimate of drug-likeness (QED) is 0.773. The predicted molar refractivity (Wildman–Crippen MR) is 91.0 cm³/mol. The van der Waals surface area contributed by atoms with Crippen molar-refractivity contribution in [1.29, 1.82) is 0 Å². The largest absolute Gasteiger partial charge is 0.497 e. The predicted octanol–water partition coefficient (Wildman–Crippen LogP) is 3.28. The molecule has 1 heterocycles. The van der Waals surface area contributed by atoms with Crippen molar-refractivity contribution in [3.63, 3.8) is 0 Å². The molecule has 1 amide bonds. The van der Waals surface area contributed by atoms with E-state index in [9.17, 15) is 9.18 Å². The van der Waals surface area contributed by atoms with E-state index < -0.39 is 5.91 Å². The fourth-order valence-corrected chi connectivity index (χ4v) is 2.28. The lowest BCUT2D eigenvalue weighted by molar-refractivity contribution is 0.101. The van der Waals surface area contributed by atoms with Crippen molar-refractivity contribution in [3.05, 3.63) is 66.2 Å². The maximum Gasteiger partial charge on any atom is 0.280 e. The van der Waals surface area contributed by atoms with Gasteiger partial charge >= 0.3 is 0 Å². The number of nitrogens with one attached hydrogen (secondary N) is 1. The molecule has 0 fully saturated rings. The Morgan fingerprint density at radius 3 is 2.56 bits per heavy atom. The van der Waals surface area contributed by atoms with Crippen molar-refractivity contribution >= 4 is 11.6 Å². The monoisotopic (exact) mass is 341 g/mol. The molecule has 0 unspecified atom stereocenters. The molecule has 128 valence electrons. The number of carbonyl (C=O) groups is 1. The Bertz CT molecular complexity index is 891. The summed E-state index contributed by atoms with van der Waals surface area (Å²) in [7, 11) is 3.00. The third kappa shape index (κ3) is 3.60. The molecule has 0 aliphatic heterocycles. The molecule has 25 heavy (non-hydrogen) atoms. The minimum atomic E-state index is -0.425.